The van der Waals surface area contributed by atoms with Gasteiger partial charge in [-0.3, -0.25) is 4.79 Å². The van der Waals surface area contributed by atoms with Gasteiger partial charge in [-0.2, -0.15) is 0 Å². The van der Waals surface area contributed by atoms with Gasteiger partial charge in [0.05, 0.1) is 5.92 Å². The van der Waals surface area contributed by atoms with Crippen LogP contribution in [0.2, 0.25) is 0 Å². The van der Waals surface area contributed by atoms with E-state index in [1.807, 2.05) is 0 Å². The summed E-state index contributed by atoms with van der Waals surface area (Å²) in [6.45, 7) is 0.590. The number of aromatic nitrogens is 1. The third-order valence-electron chi connectivity index (χ3n) is 4.66. The number of nitrogens with one attached hydrogen (secondary N) is 2. The van der Waals surface area contributed by atoms with Crippen molar-refractivity contribution in [3.63, 3.8) is 0 Å². The van der Waals surface area contributed by atoms with Crippen LogP contribution >= 0.6 is 0 Å². The second-order valence-corrected chi connectivity index (χ2v) is 5.68. The molecule has 4 rings (SSSR count). The van der Waals surface area contributed by atoms with Crippen molar-refractivity contribution in [2.75, 3.05) is 6.54 Å². The third-order valence-corrected chi connectivity index (χ3v) is 4.66. The molecule has 2 heterocycles. The molecule has 1 fully saturated rings. The normalized spacial score (nSPS) is 29.2. The Labute approximate surface area is 110 Å². The lowest BCUT2D eigenvalue weighted by molar-refractivity contribution is -0.142. The zero-order chi connectivity index (χ0) is 13.0. The minimum atomic E-state index is -0.682. The van der Waals surface area contributed by atoms with Crippen molar-refractivity contribution in [1.82, 2.24) is 10.3 Å². The number of aliphatic carboxylic acids is 1. The maximum absolute atomic E-state index is 11.2. The number of piperidine rings is 1. The molecule has 19 heavy (non-hydrogen) atoms. The summed E-state index contributed by atoms with van der Waals surface area (Å²) in [5.74, 6) is -0.628. The molecule has 2 aromatic rings. The molecule has 2 unspecified atom stereocenters. The molecule has 1 saturated heterocycles. The molecule has 4 heteroatoms. The van der Waals surface area contributed by atoms with Crippen molar-refractivity contribution in [2.45, 2.75) is 24.8 Å². The number of hydrogen-bond acceptors (Lipinski definition) is 2. The van der Waals surface area contributed by atoms with Crippen molar-refractivity contribution in [3.8, 4) is 0 Å². The largest absolute Gasteiger partial charge is 0.481 e. The fourth-order valence-electron chi connectivity index (χ4n) is 3.73. The highest BCUT2D eigenvalue weighted by Crippen LogP contribution is 2.41. The van der Waals surface area contributed by atoms with Gasteiger partial charge in [0.25, 0.3) is 0 Å². The first-order valence-electron chi connectivity index (χ1n) is 6.79. The second kappa shape index (κ2) is 3.84. The first kappa shape index (κ1) is 11.1. The Kier molecular flexibility index (Phi) is 2.23. The van der Waals surface area contributed by atoms with E-state index >= 15 is 0 Å². The molecule has 0 bridgehead atoms. The Morgan fingerprint density at radius 1 is 1.37 bits per heavy atom. The molecule has 0 amide bonds. The van der Waals surface area contributed by atoms with Crippen molar-refractivity contribution in [1.29, 1.82) is 0 Å². The van der Waals surface area contributed by atoms with E-state index in [9.17, 15) is 9.90 Å². The summed E-state index contributed by atoms with van der Waals surface area (Å²) < 4.78 is 0. The van der Waals surface area contributed by atoms with E-state index in [1.54, 1.807) is 0 Å². The fourth-order valence-corrected chi connectivity index (χ4v) is 3.73. The van der Waals surface area contributed by atoms with Gasteiger partial charge in [-0.1, -0.05) is 12.1 Å². The lowest BCUT2D eigenvalue weighted by Gasteiger charge is -2.39. The van der Waals surface area contributed by atoms with E-state index in [4.69, 9.17) is 0 Å². The summed E-state index contributed by atoms with van der Waals surface area (Å²) in [5.41, 5.74) is 3.83. The van der Waals surface area contributed by atoms with E-state index in [1.165, 1.54) is 22.0 Å². The van der Waals surface area contributed by atoms with Crippen molar-refractivity contribution < 1.29 is 9.90 Å². The molecule has 3 N–H and O–H groups in total. The van der Waals surface area contributed by atoms with Crippen LogP contribution in [0.4, 0.5) is 0 Å². The minimum absolute atomic E-state index is 0.267. The maximum atomic E-state index is 11.2. The Morgan fingerprint density at radius 3 is 3.11 bits per heavy atom. The summed E-state index contributed by atoms with van der Waals surface area (Å²) in [7, 11) is 0. The Morgan fingerprint density at radius 2 is 2.26 bits per heavy atom. The number of fused-ring (bicyclic) bond motifs is 2. The average molecular weight is 256 g/mol. The van der Waals surface area contributed by atoms with E-state index < -0.39 is 5.97 Å². The van der Waals surface area contributed by atoms with Crippen molar-refractivity contribution in [3.05, 3.63) is 35.5 Å². The van der Waals surface area contributed by atoms with Crippen molar-refractivity contribution >= 4 is 16.9 Å². The summed E-state index contributed by atoms with van der Waals surface area (Å²) >= 11 is 0. The quantitative estimate of drug-likeness (QED) is 0.729. The van der Waals surface area contributed by atoms with Gasteiger partial charge in [0, 0.05) is 35.6 Å². The van der Waals surface area contributed by atoms with Gasteiger partial charge in [-0.15, -0.1) is 0 Å². The molecule has 0 radical (unpaired) electrons. The Balaban J connectivity index is 1.82. The molecule has 1 aliphatic carbocycles. The predicted molar refractivity (Wildman–Crippen MR) is 72.3 cm³/mol. The van der Waals surface area contributed by atoms with E-state index in [0.717, 1.165) is 12.8 Å². The molecule has 2 aliphatic rings. The molecule has 98 valence electrons. The second-order valence-electron chi connectivity index (χ2n) is 5.68. The van der Waals surface area contributed by atoms with Gasteiger partial charge in [0.15, 0.2) is 0 Å². The fraction of sp³-hybridized carbons (Fsp3) is 0.400. The highest BCUT2D eigenvalue weighted by atomic mass is 16.4. The lowest BCUT2D eigenvalue weighted by Crippen LogP contribution is -2.48. The van der Waals surface area contributed by atoms with E-state index in [-0.39, 0.29) is 5.92 Å². The van der Waals surface area contributed by atoms with E-state index in [2.05, 4.69) is 34.7 Å². The zero-order valence-electron chi connectivity index (χ0n) is 10.5. The number of carboxylic acids is 1. The summed E-state index contributed by atoms with van der Waals surface area (Å²) in [6, 6.07) is 6.69. The molecule has 1 aromatic carbocycles. The van der Waals surface area contributed by atoms with Gasteiger partial charge < -0.3 is 15.4 Å². The molecule has 3 atom stereocenters. The first-order valence-corrected chi connectivity index (χ1v) is 6.79. The number of carbonyl (C=O) groups is 1. The topological polar surface area (TPSA) is 65.1 Å². The van der Waals surface area contributed by atoms with E-state index in [0.29, 0.717) is 18.5 Å². The van der Waals surface area contributed by atoms with Crippen LogP contribution < -0.4 is 5.32 Å². The van der Waals surface area contributed by atoms with Crippen LogP contribution in [0.15, 0.2) is 24.4 Å². The number of carboxylic acid groups (broad SMARTS) is 1. The smallest absolute Gasteiger partial charge is 0.307 e. The predicted octanol–water partition coefficient (Wildman–Crippen LogP) is 1.87. The van der Waals surface area contributed by atoms with Crippen LogP contribution in [-0.4, -0.2) is 28.6 Å². The number of aromatic amines is 1. The highest BCUT2D eigenvalue weighted by molar-refractivity contribution is 5.88. The molecule has 0 saturated carbocycles. The minimum Gasteiger partial charge on any atom is -0.481 e. The number of H-pyrrole nitrogens is 1. The standard InChI is InChI=1S/C15H16N2O2/c18-15(19)9-4-11-10-2-1-3-12-14(10)8(6-16-12)5-13(11)17-7-9/h1-3,6,9,11,13,16-17H,4-5,7H2,(H,18,19)/t9?,11?,13-/m1/s1. The maximum Gasteiger partial charge on any atom is 0.307 e. The van der Waals surface area contributed by atoms with Crippen LogP contribution in [0.25, 0.3) is 10.9 Å². The number of rotatable bonds is 1. The lowest BCUT2D eigenvalue weighted by atomic mass is 9.73. The van der Waals surface area contributed by atoms with Crippen LogP contribution in [0.5, 0.6) is 0 Å². The Hall–Kier alpha value is -1.81. The van der Waals surface area contributed by atoms with Gasteiger partial charge in [0.1, 0.15) is 0 Å². The monoisotopic (exact) mass is 256 g/mol. The zero-order valence-corrected chi connectivity index (χ0v) is 10.5. The van der Waals surface area contributed by atoms with Gasteiger partial charge >= 0.3 is 5.97 Å². The summed E-state index contributed by atoms with van der Waals surface area (Å²) in [6.07, 6.45) is 3.83. The highest BCUT2D eigenvalue weighted by Gasteiger charge is 2.38. The molecule has 0 spiro atoms. The Bertz CT molecular complexity index is 661. The SMILES string of the molecule is O=C(O)C1CN[C@@H]2Cc3c[nH]c4cccc(c34)C2C1. The number of hydrogen-bond donors (Lipinski definition) is 3. The molecule has 1 aromatic heterocycles. The summed E-state index contributed by atoms with van der Waals surface area (Å²) in [4.78, 5) is 14.5. The van der Waals surface area contributed by atoms with Crippen LogP contribution in [-0.2, 0) is 11.2 Å². The third kappa shape index (κ3) is 1.53. The first-order chi connectivity index (χ1) is 9.24. The van der Waals surface area contributed by atoms with Gasteiger partial charge in [-0.25, -0.2) is 0 Å². The van der Waals surface area contributed by atoms with Gasteiger partial charge in [-0.05, 0) is 30.0 Å². The van der Waals surface area contributed by atoms with Crippen LogP contribution in [0.3, 0.4) is 0 Å². The molecule has 1 aliphatic heterocycles. The summed E-state index contributed by atoms with van der Waals surface area (Å²) in [5, 5.41) is 14.0. The molecule has 4 nitrogen and oxygen atoms in total. The van der Waals surface area contributed by atoms with Crippen molar-refractivity contribution in [2.24, 2.45) is 5.92 Å². The average Bonchev–Trinajstić information content (AvgIpc) is 2.83. The van der Waals surface area contributed by atoms with Crippen LogP contribution in [0, 0.1) is 5.92 Å². The molecular formula is C15H16N2O2. The number of benzene rings is 1. The molecular weight excluding hydrogens is 240 g/mol. The van der Waals surface area contributed by atoms with Gasteiger partial charge in [0.2, 0.25) is 0 Å². The van der Waals surface area contributed by atoms with Crippen LogP contribution in [0.1, 0.15) is 23.5 Å².